The van der Waals surface area contributed by atoms with Gasteiger partial charge >= 0.3 is 5.97 Å². The first-order valence-electron chi connectivity index (χ1n) is 8.70. The molecule has 4 nitrogen and oxygen atoms in total. The Morgan fingerprint density at radius 2 is 1.96 bits per heavy atom. The highest BCUT2D eigenvalue weighted by atomic mass is 16.4. The van der Waals surface area contributed by atoms with E-state index in [-0.39, 0.29) is 11.2 Å². The fraction of sp³-hybridized carbons (Fsp3) is 0.500. The Morgan fingerprint density at radius 3 is 2.54 bits per heavy atom. The molecular formula is C20H26N2O2. The molecule has 2 atom stereocenters. The van der Waals surface area contributed by atoms with E-state index >= 15 is 0 Å². The van der Waals surface area contributed by atoms with Gasteiger partial charge in [0.1, 0.15) is 0 Å². The molecule has 4 heteroatoms. The molecule has 1 unspecified atom stereocenters. The SMILES string of the molecule is CC(C)C1CC=C(n2c(C(=O)O)nc3ccccc32)[C@@]1(C)C(C)C. The van der Waals surface area contributed by atoms with Crippen LogP contribution in [0.5, 0.6) is 0 Å². The molecule has 0 amide bonds. The Hall–Kier alpha value is -2.10. The normalized spacial score (nSPS) is 24.1. The number of allylic oxidation sites excluding steroid dienone is 2. The van der Waals surface area contributed by atoms with Gasteiger partial charge in [0.2, 0.25) is 5.82 Å². The summed E-state index contributed by atoms with van der Waals surface area (Å²) in [5, 5.41) is 9.70. The minimum atomic E-state index is -0.980. The number of hydrogen-bond acceptors (Lipinski definition) is 2. The standard InChI is InChI=1S/C20H26N2O2/c1-12(2)14-10-11-17(20(14,5)13(3)4)22-16-9-7-6-8-15(16)21-18(22)19(23)24/h6-9,11-14H,10H2,1-5H3,(H,23,24)/t14?,20-/m0/s1. The lowest BCUT2D eigenvalue weighted by Crippen LogP contribution is -2.35. The lowest BCUT2D eigenvalue weighted by atomic mass is 9.66. The number of carbonyl (C=O) groups is 1. The van der Waals surface area contributed by atoms with Crippen molar-refractivity contribution in [1.29, 1.82) is 0 Å². The second kappa shape index (κ2) is 5.76. The highest BCUT2D eigenvalue weighted by Crippen LogP contribution is 2.54. The van der Waals surface area contributed by atoms with Gasteiger partial charge in [-0.2, -0.15) is 0 Å². The quantitative estimate of drug-likeness (QED) is 0.868. The molecule has 0 spiro atoms. The lowest BCUT2D eigenvalue weighted by Gasteiger charge is -2.41. The zero-order valence-electron chi connectivity index (χ0n) is 15.1. The Morgan fingerprint density at radius 1 is 1.29 bits per heavy atom. The first-order valence-corrected chi connectivity index (χ1v) is 8.70. The fourth-order valence-corrected chi connectivity index (χ4v) is 4.33. The largest absolute Gasteiger partial charge is 0.475 e. The summed E-state index contributed by atoms with van der Waals surface area (Å²) >= 11 is 0. The van der Waals surface area contributed by atoms with Crippen molar-refractivity contribution in [1.82, 2.24) is 9.55 Å². The third kappa shape index (κ3) is 2.27. The average Bonchev–Trinajstić information content (AvgIpc) is 3.05. The van der Waals surface area contributed by atoms with Crippen molar-refractivity contribution < 1.29 is 9.90 Å². The average molecular weight is 326 g/mol. The topological polar surface area (TPSA) is 55.1 Å². The Balaban J connectivity index is 2.27. The van der Waals surface area contributed by atoms with Crippen molar-refractivity contribution in [3.05, 3.63) is 36.2 Å². The molecule has 1 heterocycles. The van der Waals surface area contributed by atoms with Crippen molar-refractivity contribution in [2.24, 2.45) is 23.2 Å². The van der Waals surface area contributed by atoms with E-state index in [1.165, 1.54) is 0 Å². The van der Waals surface area contributed by atoms with Crippen LogP contribution < -0.4 is 0 Å². The molecule has 1 N–H and O–H groups in total. The van der Waals surface area contributed by atoms with Gasteiger partial charge in [-0.15, -0.1) is 0 Å². The number of aromatic nitrogens is 2. The maximum Gasteiger partial charge on any atom is 0.372 e. The number of carboxylic acids is 1. The summed E-state index contributed by atoms with van der Waals surface area (Å²) in [6.45, 7) is 11.3. The monoisotopic (exact) mass is 326 g/mol. The second-order valence-corrected chi connectivity index (χ2v) is 7.68. The van der Waals surface area contributed by atoms with E-state index in [2.05, 4.69) is 45.7 Å². The van der Waals surface area contributed by atoms with Crippen LogP contribution in [0.15, 0.2) is 30.3 Å². The number of nitrogens with zero attached hydrogens (tertiary/aromatic N) is 2. The zero-order valence-corrected chi connectivity index (χ0v) is 15.1. The van der Waals surface area contributed by atoms with E-state index in [1.54, 1.807) is 0 Å². The number of para-hydroxylation sites is 2. The summed E-state index contributed by atoms with van der Waals surface area (Å²) in [5.74, 6) is 0.566. The molecule has 128 valence electrons. The fourth-order valence-electron chi connectivity index (χ4n) is 4.33. The van der Waals surface area contributed by atoms with Crippen LogP contribution in [0.4, 0.5) is 0 Å². The van der Waals surface area contributed by atoms with Crippen LogP contribution in [0.1, 0.15) is 51.7 Å². The predicted octanol–water partition coefficient (Wildman–Crippen LogP) is 4.91. The van der Waals surface area contributed by atoms with Crippen LogP contribution in [0, 0.1) is 23.2 Å². The van der Waals surface area contributed by atoms with E-state index < -0.39 is 5.97 Å². The smallest absolute Gasteiger partial charge is 0.372 e. The number of aromatic carboxylic acids is 1. The van der Waals surface area contributed by atoms with Crippen molar-refractivity contribution in [3.8, 4) is 0 Å². The third-order valence-electron chi connectivity index (χ3n) is 5.88. The van der Waals surface area contributed by atoms with Crippen LogP contribution in [0.25, 0.3) is 16.7 Å². The van der Waals surface area contributed by atoms with Gasteiger partial charge < -0.3 is 5.11 Å². The first kappa shape index (κ1) is 16.7. The number of benzene rings is 1. The van der Waals surface area contributed by atoms with E-state index in [1.807, 2.05) is 28.8 Å². The predicted molar refractivity (Wildman–Crippen MR) is 96.9 cm³/mol. The van der Waals surface area contributed by atoms with Gasteiger partial charge in [0.05, 0.1) is 11.0 Å². The van der Waals surface area contributed by atoms with Crippen LogP contribution in [-0.2, 0) is 0 Å². The second-order valence-electron chi connectivity index (χ2n) is 7.68. The van der Waals surface area contributed by atoms with Gasteiger partial charge in [0.15, 0.2) is 0 Å². The molecule has 0 saturated heterocycles. The Labute approximate surface area is 143 Å². The number of hydrogen-bond donors (Lipinski definition) is 1. The van der Waals surface area contributed by atoms with Gasteiger partial charge in [-0.25, -0.2) is 9.78 Å². The highest BCUT2D eigenvalue weighted by molar-refractivity contribution is 5.93. The van der Waals surface area contributed by atoms with E-state index in [9.17, 15) is 9.90 Å². The highest BCUT2D eigenvalue weighted by Gasteiger charge is 2.47. The summed E-state index contributed by atoms with van der Waals surface area (Å²) in [5.41, 5.74) is 2.61. The molecule has 3 rings (SSSR count). The van der Waals surface area contributed by atoms with Crippen LogP contribution in [0.2, 0.25) is 0 Å². The first-order chi connectivity index (χ1) is 11.3. The summed E-state index contributed by atoms with van der Waals surface area (Å²) in [4.78, 5) is 16.2. The van der Waals surface area contributed by atoms with E-state index in [0.717, 1.165) is 23.2 Å². The van der Waals surface area contributed by atoms with Gasteiger partial charge in [-0.1, -0.05) is 52.8 Å². The molecule has 2 aromatic rings. The third-order valence-corrected chi connectivity index (χ3v) is 5.88. The van der Waals surface area contributed by atoms with Crippen molar-refractivity contribution in [3.63, 3.8) is 0 Å². The molecule has 0 fully saturated rings. The minimum absolute atomic E-state index is 0.0815. The summed E-state index contributed by atoms with van der Waals surface area (Å²) in [7, 11) is 0. The number of fused-ring (bicyclic) bond motifs is 1. The van der Waals surface area contributed by atoms with Gasteiger partial charge in [-0.3, -0.25) is 4.57 Å². The van der Waals surface area contributed by atoms with Crippen molar-refractivity contribution in [2.75, 3.05) is 0 Å². The molecule has 0 bridgehead atoms. The van der Waals surface area contributed by atoms with Crippen molar-refractivity contribution >= 4 is 22.7 Å². The number of rotatable bonds is 4. The zero-order chi connectivity index (χ0) is 17.6. The number of carboxylic acid groups (broad SMARTS) is 1. The van der Waals surface area contributed by atoms with Crippen LogP contribution in [-0.4, -0.2) is 20.6 Å². The van der Waals surface area contributed by atoms with Gasteiger partial charge in [-0.05, 0) is 36.3 Å². The molecule has 0 saturated carbocycles. The summed E-state index contributed by atoms with van der Waals surface area (Å²) in [6.07, 6.45) is 3.21. The molecule has 1 aromatic heterocycles. The molecule has 24 heavy (non-hydrogen) atoms. The van der Waals surface area contributed by atoms with Crippen LogP contribution >= 0.6 is 0 Å². The Bertz CT molecular complexity index is 816. The summed E-state index contributed by atoms with van der Waals surface area (Å²) < 4.78 is 1.88. The maximum absolute atomic E-state index is 11.8. The molecule has 0 radical (unpaired) electrons. The summed E-state index contributed by atoms with van der Waals surface area (Å²) in [6, 6.07) is 7.67. The molecule has 0 aliphatic heterocycles. The molecular weight excluding hydrogens is 300 g/mol. The molecule has 1 aromatic carbocycles. The van der Waals surface area contributed by atoms with Crippen molar-refractivity contribution in [2.45, 2.75) is 41.0 Å². The van der Waals surface area contributed by atoms with E-state index in [0.29, 0.717) is 17.8 Å². The van der Waals surface area contributed by atoms with Gasteiger partial charge in [0, 0.05) is 11.1 Å². The maximum atomic E-state index is 11.8. The molecule has 1 aliphatic rings. The lowest BCUT2D eigenvalue weighted by molar-refractivity contribution is 0.0680. The van der Waals surface area contributed by atoms with E-state index in [4.69, 9.17) is 0 Å². The minimum Gasteiger partial charge on any atom is -0.475 e. The Kier molecular flexibility index (Phi) is 4.02. The molecule has 1 aliphatic carbocycles. The van der Waals surface area contributed by atoms with Crippen LogP contribution in [0.3, 0.4) is 0 Å². The number of imidazole rings is 1. The van der Waals surface area contributed by atoms with Gasteiger partial charge in [0.25, 0.3) is 0 Å².